The summed E-state index contributed by atoms with van der Waals surface area (Å²) in [5, 5.41) is 0. The Morgan fingerprint density at radius 2 is 1.44 bits per heavy atom. The molecule has 1 heterocycles. The lowest BCUT2D eigenvalue weighted by molar-refractivity contribution is -0.147. The molecule has 20 heteroatoms. The quantitative estimate of drug-likeness (QED) is 0.0528. The Hall–Kier alpha value is -4.55. The van der Waals surface area contributed by atoms with Crippen molar-refractivity contribution >= 4 is 47.7 Å². The van der Waals surface area contributed by atoms with Gasteiger partial charge >= 0.3 is 21.6 Å². The molecule has 2 N–H and O–H groups in total. The van der Waals surface area contributed by atoms with E-state index in [1.165, 1.54) is 48.2 Å². The highest BCUT2D eigenvalue weighted by Crippen LogP contribution is 2.47. The minimum Gasteiger partial charge on any atom is -0.458 e. The Kier molecular flexibility index (Phi) is 13.7. The highest BCUT2D eigenvalue weighted by molar-refractivity contribution is 7.89. The molecule has 0 spiro atoms. The minimum absolute atomic E-state index is 0.0641. The summed E-state index contributed by atoms with van der Waals surface area (Å²) < 4.78 is 136. The summed E-state index contributed by atoms with van der Waals surface area (Å²) in [4.78, 5) is 27.1. The number of ether oxygens (including phenoxy) is 1. The minimum atomic E-state index is -5.93. The molecular formula is C35H37F4N3O10S3. The standard InChI is InChI=1S/C35H37F4N3O10S3/c1-23(43)51-32(26-9-13-28(36)14-10-26)20-19-31-33(27-11-17-30(18-12-27)52-55(49,50)35(37,38)39)42(34(31)44)29-15-7-24(8-16-29)5-4-6-25(21-40-53(2,45)46)22-41-54(3,47)48/h7-18,25,31-33,40-41H,6,19-22H2,1-3H3/t31?,32-,33?/m0/s1. The molecular weight excluding hydrogens is 795 g/mol. The van der Waals surface area contributed by atoms with E-state index in [9.17, 15) is 52.4 Å². The summed E-state index contributed by atoms with van der Waals surface area (Å²) in [7, 11) is -13.0. The number of nitrogens with zero attached hydrogens (tertiary/aromatic N) is 1. The molecule has 3 aromatic carbocycles. The highest BCUT2D eigenvalue weighted by Gasteiger charge is 2.50. The van der Waals surface area contributed by atoms with Crippen molar-refractivity contribution in [2.24, 2.45) is 11.8 Å². The van der Waals surface area contributed by atoms with Gasteiger partial charge in [0, 0.05) is 37.7 Å². The Bertz CT molecular complexity index is 2210. The van der Waals surface area contributed by atoms with Gasteiger partial charge in [-0.15, -0.1) is 0 Å². The molecule has 3 aromatic rings. The highest BCUT2D eigenvalue weighted by atomic mass is 32.2. The molecule has 3 atom stereocenters. The van der Waals surface area contributed by atoms with Gasteiger partial charge in [0.1, 0.15) is 17.7 Å². The first kappa shape index (κ1) is 43.2. The normalized spacial score (nSPS) is 16.9. The van der Waals surface area contributed by atoms with Gasteiger partial charge in [0.05, 0.1) is 24.5 Å². The zero-order valence-electron chi connectivity index (χ0n) is 29.5. The van der Waals surface area contributed by atoms with Gasteiger partial charge in [-0.1, -0.05) is 36.1 Å². The van der Waals surface area contributed by atoms with Crippen molar-refractivity contribution < 1.29 is 61.3 Å². The Balaban J connectivity index is 1.58. The molecule has 0 saturated carbocycles. The second-order valence-electron chi connectivity index (χ2n) is 12.7. The molecule has 2 unspecified atom stereocenters. The number of hydrogen-bond donors (Lipinski definition) is 2. The molecule has 0 aromatic heterocycles. The summed E-state index contributed by atoms with van der Waals surface area (Å²) in [5.41, 5.74) is -3.82. The number of halogens is 4. The largest absolute Gasteiger partial charge is 0.534 e. The summed E-state index contributed by atoms with van der Waals surface area (Å²) in [6.07, 6.45) is 1.54. The molecule has 0 bridgehead atoms. The van der Waals surface area contributed by atoms with E-state index in [-0.39, 0.29) is 38.3 Å². The third-order valence-corrected chi connectivity index (χ3v) is 10.6. The van der Waals surface area contributed by atoms with Gasteiger partial charge in [-0.05, 0) is 78.4 Å². The molecule has 1 aliphatic rings. The van der Waals surface area contributed by atoms with Crippen LogP contribution in [0.5, 0.6) is 5.75 Å². The van der Waals surface area contributed by atoms with Crippen LogP contribution < -0.4 is 18.5 Å². The van der Waals surface area contributed by atoms with Gasteiger partial charge in [-0.3, -0.25) is 9.59 Å². The van der Waals surface area contributed by atoms with Gasteiger partial charge in [0.15, 0.2) is 0 Å². The van der Waals surface area contributed by atoms with Crippen LogP contribution in [-0.2, 0) is 44.5 Å². The van der Waals surface area contributed by atoms with Gasteiger partial charge in [-0.2, -0.15) is 21.6 Å². The fraction of sp³-hybridized carbons (Fsp3) is 0.371. The fourth-order valence-corrected chi connectivity index (χ4v) is 7.19. The maximum atomic E-state index is 13.7. The SMILES string of the molecule is CC(=O)O[C@@H](CCC1C(=O)N(c2ccc(C#CCC(CNS(C)(=O)=O)CNS(C)(=O)=O)cc2)C1c1ccc(OS(=O)(=O)C(F)(F)F)cc1)c1ccc(F)cc1. The Morgan fingerprint density at radius 3 is 1.95 bits per heavy atom. The third kappa shape index (κ3) is 12.5. The second kappa shape index (κ2) is 17.5. The summed E-state index contributed by atoms with van der Waals surface area (Å²) >= 11 is 0. The lowest BCUT2D eigenvalue weighted by Gasteiger charge is -2.48. The topological polar surface area (TPSA) is 182 Å². The van der Waals surface area contributed by atoms with Crippen LogP contribution in [0.15, 0.2) is 72.8 Å². The van der Waals surface area contributed by atoms with Crippen molar-refractivity contribution in [3.05, 3.63) is 95.3 Å². The van der Waals surface area contributed by atoms with E-state index in [1.54, 1.807) is 24.3 Å². The molecule has 1 fully saturated rings. The van der Waals surface area contributed by atoms with Crippen molar-refractivity contribution in [1.29, 1.82) is 0 Å². The average molecular weight is 832 g/mol. The molecule has 298 valence electrons. The van der Waals surface area contributed by atoms with Crippen LogP contribution in [0.25, 0.3) is 0 Å². The van der Waals surface area contributed by atoms with Crippen LogP contribution >= 0.6 is 0 Å². The summed E-state index contributed by atoms with van der Waals surface area (Å²) in [6.45, 7) is 1.08. The van der Waals surface area contributed by atoms with Crippen molar-refractivity contribution in [2.45, 2.75) is 43.8 Å². The van der Waals surface area contributed by atoms with E-state index in [0.717, 1.165) is 24.6 Å². The van der Waals surface area contributed by atoms with Gasteiger partial charge < -0.3 is 13.8 Å². The zero-order chi connectivity index (χ0) is 40.8. The van der Waals surface area contributed by atoms with Crippen molar-refractivity contribution in [2.75, 3.05) is 30.5 Å². The molecule has 1 saturated heterocycles. The number of sulfonamides is 2. The average Bonchev–Trinajstić information content (AvgIpc) is 3.07. The Morgan fingerprint density at radius 1 is 0.873 bits per heavy atom. The summed E-state index contributed by atoms with van der Waals surface area (Å²) in [5.74, 6) is 2.54. The predicted molar refractivity (Wildman–Crippen MR) is 193 cm³/mol. The number of carbonyl (C=O) groups is 2. The first-order chi connectivity index (χ1) is 25.5. The molecule has 1 amide bonds. The van der Waals surface area contributed by atoms with Gasteiger partial charge in [0.25, 0.3) is 0 Å². The maximum Gasteiger partial charge on any atom is 0.534 e. The molecule has 55 heavy (non-hydrogen) atoms. The van der Waals surface area contributed by atoms with E-state index in [2.05, 4.69) is 25.5 Å². The third-order valence-electron chi connectivity index (χ3n) is 8.25. The molecule has 4 rings (SSSR count). The zero-order valence-corrected chi connectivity index (χ0v) is 32.0. The van der Waals surface area contributed by atoms with E-state index in [4.69, 9.17) is 4.74 Å². The first-order valence-corrected chi connectivity index (χ1v) is 21.6. The van der Waals surface area contributed by atoms with Gasteiger partial charge in [0.2, 0.25) is 26.0 Å². The van der Waals surface area contributed by atoms with E-state index in [1.807, 2.05) is 0 Å². The van der Waals surface area contributed by atoms with Crippen LogP contribution in [0.3, 0.4) is 0 Å². The van der Waals surface area contributed by atoms with Crippen LogP contribution in [0.4, 0.5) is 23.2 Å². The molecule has 0 aliphatic carbocycles. The van der Waals surface area contributed by atoms with Gasteiger partial charge in [-0.25, -0.2) is 30.7 Å². The molecule has 1 aliphatic heterocycles. The van der Waals surface area contributed by atoms with Crippen molar-refractivity contribution in [3.8, 4) is 17.6 Å². The number of carbonyl (C=O) groups excluding carboxylic acids is 2. The number of nitrogens with one attached hydrogen (secondary N) is 2. The fourth-order valence-electron chi connectivity index (χ4n) is 5.65. The van der Waals surface area contributed by atoms with E-state index < -0.39 is 77.2 Å². The lowest BCUT2D eigenvalue weighted by atomic mass is 9.78. The number of rotatable bonds is 16. The lowest BCUT2D eigenvalue weighted by Crippen LogP contribution is -2.55. The van der Waals surface area contributed by atoms with Crippen LogP contribution in [0.1, 0.15) is 55.0 Å². The number of alkyl halides is 3. The van der Waals surface area contributed by atoms with Crippen LogP contribution in [0.2, 0.25) is 0 Å². The predicted octanol–water partition coefficient (Wildman–Crippen LogP) is 4.30. The van der Waals surface area contributed by atoms with Crippen LogP contribution in [-0.4, -0.2) is 68.2 Å². The number of β-lactam (4-membered cyclic amide) rings is 1. The summed E-state index contributed by atoms with van der Waals surface area (Å²) in [6, 6.07) is 15.7. The number of benzene rings is 3. The van der Waals surface area contributed by atoms with Crippen molar-refractivity contribution in [3.63, 3.8) is 0 Å². The Labute approximate surface area is 316 Å². The van der Waals surface area contributed by atoms with E-state index in [0.29, 0.717) is 22.4 Å². The maximum absolute atomic E-state index is 13.7. The van der Waals surface area contributed by atoms with E-state index >= 15 is 0 Å². The second-order valence-corrected chi connectivity index (χ2v) is 17.9. The number of esters is 1. The molecule has 0 radical (unpaired) electrons. The first-order valence-electron chi connectivity index (χ1n) is 16.4. The molecule has 13 nitrogen and oxygen atoms in total. The number of anilines is 1. The van der Waals surface area contributed by atoms with Crippen molar-refractivity contribution in [1.82, 2.24) is 9.44 Å². The smallest absolute Gasteiger partial charge is 0.458 e. The number of hydrogen-bond acceptors (Lipinski definition) is 10. The number of amides is 1. The monoisotopic (exact) mass is 831 g/mol. The van der Waals surface area contributed by atoms with Crippen LogP contribution in [0, 0.1) is 29.5 Å².